The second kappa shape index (κ2) is 6.72. The van der Waals surface area contributed by atoms with Gasteiger partial charge in [0, 0.05) is 14.1 Å². The standard InChI is InChI=1S/C24H22N2O3/c1-25-19-15-9-10-16-20(19)28-24(23(25)27)21(17-11-5-3-6-12-17)22(26(2)29-24)18-13-7-4-8-14-18/h3-16,21-22H,1-2H3/t21-,22-,24-/m0/s1. The zero-order valence-corrected chi connectivity index (χ0v) is 16.4. The zero-order valence-electron chi connectivity index (χ0n) is 16.4. The van der Waals surface area contributed by atoms with E-state index in [0.717, 1.165) is 16.8 Å². The van der Waals surface area contributed by atoms with Crippen LogP contribution in [0.1, 0.15) is 23.1 Å². The summed E-state index contributed by atoms with van der Waals surface area (Å²) in [4.78, 5) is 21.6. The summed E-state index contributed by atoms with van der Waals surface area (Å²) in [6.45, 7) is 0. The average Bonchev–Trinajstić information content (AvgIpc) is 3.06. The Labute approximate surface area is 170 Å². The second-order valence-electron chi connectivity index (χ2n) is 7.48. The predicted molar refractivity (Wildman–Crippen MR) is 110 cm³/mol. The molecule has 3 aromatic rings. The lowest BCUT2D eigenvalue weighted by molar-refractivity contribution is -0.257. The van der Waals surface area contributed by atoms with Crippen LogP contribution < -0.4 is 9.64 Å². The smallest absolute Gasteiger partial charge is 0.316 e. The van der Waals surface area contributed by atoms with Crippen molar-refractivity contribution in [3.63, 3.8) is 0 Å². The van der Waals surface area contributed by atoms with Crippen molar-refractivity contribution in [3.8, 4) is 5.75 Å². The fraction of sp³-hybridized carbons (Fsp3) is 0.208. The number of hydrogen-bond acceptors (Lipinski definition) is 4. The molecule has 146 valence electrons. The molecular formula is C24H22N2O3. The fourth-order valence-electron chi connectivity index (χ4n) is 4.48. The van der Waals surface area contributed by atoms with Crippen LogP contribution in [0.4, 0.5) is 5.69 Å². The number of para-hydroxylation sites is 2. The number of hydroxylamine groups is 2. The normalized spacial score (nSPS) is 26.4. The number of hydrogen-bond donors (Lipinski definition) is 0. The Kier molecular flexibility index (Phi) is 4.15. The lowest BCUT2D eigenvalue weighted by Gasteiger charge is -2.40. The van der Waals surface area contributed by atoms with Gasteiger partial charge in [-0.25, -0.2) is 4.84 Å². The molecule has 29 heavy (non-hydrogen) atoms. The first-order valence-electron chi connectivity index (χ1n) is 9.70. The highest BCUT2D eigenvalue weighted by atomic mass is 16.8. The average molecular weight is 386 g/mol. The molecule has 0 saturated carbocycles. The molecule has 2 aliphatic heterocycles. The van der Waals surface area contributed by atoms with Gasteiger partial charge in [-0.1, -0.05) is 72.8 Å². The summed E-state index contributed by atoms with van der Waals surface area (Å²) in [5, 5.41) is 1.76. The first-order valence-corrected chi connectivity index (χ1v) is 9.70. The van der Waals surface area contributed by atoms with Crippen molar-refractivity contribution in [3.05, 3.63) is 96.1 Å². The number of carbonyl (C=O) groups excluding carboxylic acids is 1. The number of rotatable bonds is 2. The van der Waals surface area contributed by atoms with Crippen molar-refractivity contribution < 1.29 is 14.4 Å². The molecule has 0 aliphatic carbocycles. The largest absolute Gasteiger partial charge is 0.449 e. The summed E-state index contributed by atoms with van der Waals surface area (Å²) in [7, 11) is 3.63. The summed E-state index contributed by atoms with van der Waals surface area (Å²) in [6.07, 6.45) is 0. The highest BCUT2D eigenvalue weighted by molar-refractivity contribution is 6.02. The van der Waals surface area contributed by atoms with E-state index in [-0.39, 0.29) is 17.9 Å². The number of amides is 1. The Morgan fingerprint density at radius 3 is 2.07 bits per heavy atom. The van der Waals surface area contributed by atoms with Gasteiger partial charge in [0.25, 0.3) is 0 Å². The number of ether oxygens (including phenoxy) is 1. The minimum atomic E-state index is -1.47. The molecule has 1 amide bonds. The Morgan fingerprint density at radius 2 is 1.38 bits per heavy atom. The fourth-order valence-corrected chi connectivity index (χ4v) is 4.48. The third-order valence-corrected chi connectivity index (χ3v) is 5.79. The molecule has 2 aliphatic rings. The van der Waals surface area contributed by atoms with Crippen molar-refractivity contribution in [2.24, 2.45) is 0 Å². The summed E-state index contributed by atoms with van der Waals surface area (Å²) < 4.78 is 6.40. The van der Waals surface area contributed by atoms with Crippen LogP contribution in [0.2, 0.25) is 0 Å². The van der Waals surface area contributed by atoms with Crippen LogP contribution in [0.15, 0.2) is 84.9 Å². The molecule has 0 aromatic heterocycles. The number of benzene rings is 3. The van der Waals surface area contributed by atoms with Crippen LogP contribution in [0, 0.1) is 0 Å². The highest BCUT2D eigenvalue weighted by Crippen LogP contribution is 2.54. The van der Waals surface area contributed by atoms with E-state index in [2.05, 4.69) is 12.1 Å². The lowest BCUT2D eigenvalue weighted by Crippen LogP contribution is -2.58. The molecule has 0 radical (unpaired) electrons. The number of likely N-dealkylation sites (N-methyl/N-ethyl adjacent to an activating group) is 2. The van der Waals surface area contributed by atoms with Crippen LogP contribution in [0.25, 0.3) is 0 Å². The van der Waals surface area contributed by atoms with Gasteiger partial charge in [-0.3, -0.25) is 4.79 Å². The maximum Gasteiger partial charge on any atom is 0.316 e. The molecule has 5 rings (SSSR count). The van der Waals surface area contributed by atoms with E-state index >= 15 is 0 Å². The Hall–Kier alpha value is -3.15. The maximum atomic E-state index is 13.7. The Morgan fingerprint density at radius 1 is 0.793 bits per heavy atom. The van der Waals surface area contributed by atoms with Gasteiger partial charge in [-0.15, -0.1) is 0 Å². The molecule has 0 unspecified atom stereocenters. The molecule has 2 heterocycles. The minimum Gasteiger partial charge on any atom is -0.449 e. The third kappa shape index (κ3) is 2.66. The van der Waals surface area contributed by atoms with Gasteiger partial charge in [-0.2, -0.15) is 5.06 Å². The predicted octanol–water partition coefficient (Wildman–Crippen LogP) is 4.14. The van der Waals surface area contributed by atoms with Gasteiger partial charge in [0.05, 0.1) is 17.6 Å². The molecule has 0 N–H and O–H groups in total. The van der Waals surface area contributed by atoms with Gasteiger partial charge in [-0.05, 0) is 23.3 Å². The topological polar surface area (TPSA) is 42.0 Å². The van der Waals surface area contributed by atoms with Gasteiger partial charge < -0.3 is 9.64 Å². The van der Waals surface area contributed by atoms with Crippen LogP contribution >= 0.6 is 0 Å². The van der Waals surface area contributed by atoms with Gasteiger partial charge in [0.2, 0.25) is 0 Å². The molecule has 1 saturated heterocycles. The van der Waals surface area contributed by atoms with Crippen molar-refractivity contribution >= 4 is 11.6 Å². The quantitative estimate of drug-likeness (QED) is 0.664. The minimum absolute atomic E-state index is 0.179. The summed E-state index contributed by atoms with van der Waals surface area (Å²) in [5.41, 5.74) is 2.80. The van der Waals surface area contributed by atoms with Crippen molar-refractivity contribution in [2.45, 2.75) is 17.7 Å². The Balaban J connectivity index is 1.71. The van der Waals surface area contributed by atoms with Crippen LogP contribution in [-0.4, -0.2) is 30.9 Å². The Bertz CT molecular complexity index is 1040. The first kappa shape index (κ1) is 17.9. The summed E-state index contributed by atoms with van der Waals surface area (Å²) >= 11 is 0. The van der Waals surface area contributed by atoms with E-state index in [0.29, 0.717) is 5.75 Å². The van der Waals surface area contributed by atoms with Crippen LogP contribution in [0.3, 0.4) is 0 Å². The maximum absolute atomic E-state index is 13.7. The van der Waals surface area contributed by atoms with E-state index < -0.39 is 5.79 Å². The van der Waals surface area contributed by atoms with Gasteiger partial charge >= 0.3 is 11.7 Å². The highest BCUT2D eigenvalue weighted by Gasteiger charge is 2.64. The molecular weight excluding hydrogens is 364 g/mol. The molecule has 3 aromatic carbocycles. The molecule has 5 nitrogen and oxygen atoms in total. The molecule has 1 fully saturated rings. The van der Waals surface area contributed by atoms with Gasteiger partial charge in [0.1, 0.15) is 5.75 Å². The van der Waals surface area contributed by atoms with E-state index in [1.807, 2.05) is 79.8 Å². The van der Waals surface area contributed by atoms with E-state index in [9.17, 15) is 4.79 Å². The second-order valence-corrected chi connectivity index (χ2v) is 7.48. The molecule has 3 atom stereocenters. The number of carbonyl (C=O) groups is 1. The van der Waals surface area contributed by atoms with E-state index in [4.69, 9.17) is 9.57 Å². The molecule has 0 bridgehead atoms. The van der Waals surface area contributed by atoms with Gasteiger partial charge in [0.15, 0.2) is 0 Å². The van der Waals surface area contributed by atoms with Crippen LogP contribution in [-0.2, 0) is 9.63 Å². The summed E-state index contributed by atoms with van der Waals surface area (Å²) in [5.74, 6) is -1.40. The molecule has 1 spiro atoms. The number of anilines is 1. The van der Waals surface area contributed by atoms with Crippen molar-refractivity contribution in [1.82, 2.24) is 5.06 Å². The van der Waals surface area contributed by atoms with Crippen molar-refractivity contribution in [2.75, 3.05) is 19.0 Å². The lowest BCUT2D eigenvalue weighted by atomic mass is 9.80. The SMILES string of the molecule is CN1C(=O)[C@@]2(Oc3ccccc31)ON(C)[C@@H](c1ccccc1)[C@@H]2c1ccccc1. The third-order valence-electron chi connectivity index (χ3n) is 5.79. The summed E-state index contributed by atoms with van der Waals surface area (Å²) in [6, 6.07) is 27.5. The number of fused-ring (bicyclic) bond motifs is 1. The van der Waals surface area contributed by atoms with E-state index in [1.54, 1.807) is 17.0 Å². The van der Waals surface area contributed by atoms with Crippen molar-refractivity contribution in [1.29, 1.82) is 0 Å². The zero-order chi connectivity index (χ0) is 20.0. The van der Waals surface area contributed by atoms with E-state index in [1.165, 1.54) is 0 Å². The molecule has 5 heteroatoms. The first-order chi connectivity index (χ1) is 14.1. The number of nitrogens with zero attached hydrogens (tertiary/aromatic N) is 2. The van der Waals surface area contributed by atoms with Crippen LogP contribution in [0.5, 0.6) is 5.75 Å². The monoisotopic (exact) mass is 386 g/mol.